The van der Waals surface area contributed by atoms with Gasteiger partial charge in [0, 0.05) is 19.5 Å². The van der Waals surface area contributed by atoms with Gasteiger partial charge < -0.3 is 18.9 Å². The van der Waals surface area contributed by atoms with Crippen LogP contribution >= 0.6 is 0 Å². The third-order valence-electron chi connectivity index (χ3n) is 9.31. The average molecular weight is 678 g/mol. The minimum atomic E-state index is -1.17. The maximum atomic E-state index is 14.0. The molecule has 49 heavy (non-hydrogen) atoms. The molecule has 0 aliphatic carbocycles. The highest BCUT2D eigenvalue weighted by atomic mass is 16.6. The normalized spacial score (nSPS) is 21.0. The van der Waals surface area contributed by atoms with E-state index in [0.29, 0.717) is 26.3 Å². The van der Waals surface area contributed by atoms with Gasteiger partial charge in [-0.2, -0.15) is 0 Å². The lowest BCUT2D eigenvalue weighted by Crippen LogP contribution is -2.56. The van der Waals surface area contributed by atoms with Gasteiger partial charge in [0.1, 0.15) is 17.6 Å². The first kappa shape index (κ1) is 38.1. The fourth-order valence-corrected chi connectivity index (χ4v) is 7.10. The summed E-state index contributed by atoms with van der Waals surface area (Å²) in [6.07, 6.45) is 0.0753. The Morgan fingerprint density at radius 2 is 1.18 bits per heavy atom. The summed E-state index contributed by atoms with van der Waals surface area (Å²) in [5.41, 5.74) is -0.962. The van der Waals surface area contributed by atoms with Gasteiger partial charge in [-0.05, 0) is 86.4 Å². The molecule has 2 amide bonds. The molecule has 3 atom stereocenters. The van der Waals surface area contributed by atoms with Crippen molar-refractivity contribution < 1.29 is 33.3 Å². The van der Waals surface area contributed by atoms with Crippen LogP contribution in [-0.2, 0) is 36.8 Å². The summed E-state index contributed by atoms with van der Waals surface area (Å²) < 4.78 is 24.3. The molecule has 2 aromatic rings. The lowest BCUT2D eigenvalue weighted by atomic mass is 9.97. The highest BCUT2D eigenvalue weighted by Gasteiger charge is 2.52. The van der Waals surface area contributed by atoms with Crippen LogP contribution in [0.2, 0.25) is 0 Å². The molecule has 2 aliphatic rings. The zero-order valence-corrected chi connectivity index (χ0v) is 30.9. The zero-order valence-electron chi connectivity index (χ0n) is 30.9. The van der Waals surface area contributed by atoms with Gasteiger partial charge in [0.05, 0.1) is 30.3 Å². The molecule has 4 rings (SSSR count). The third kappa shape index (κ3) is 9.09. The maximum Gasteiger partial charge on any atom is 0.413 e. The number of ether oxygens (including phenoxy) is 4. The molecule has 2 heterocycles. The topological polar surface area (TPSA) is 97.8 Å². The van der Waals surface area contributed by atoms with E-state index in [1.54, 1.807) is 22.8 Å². The Kier molecular flexibility index (Phi) is 11.7. The van der Waals surface area contributed by atoms with Crippen molar-refractivity contribution in [1.82, 2.24) is 14.7 Å². The van der Waals surface area contributed by atoms with Crippen LogP contribution in [0.3, 0.4) is 0 Å². The zero-order chi connectivity index (χ0) is 36.2. The Morgan fingerprint density at radius 1 is 0.755 bits per heavy atom. The Bertz CT molecular complexity index is 1400. The van der Waals surface area contributed by atoms with Gasteiger partial charge in [0.2, 0.25) is 0 Å². The monoisotopic (exact) mass is 677 g/mol. The van der Waals surface area contributed by atoms with Gasteiger partial charge >= 0.3 is 12.2 Å². The molecular formula is C39H55N3O7. The first-order valence-corrected chi connectivity index (χ1v) is 17.2. The van der Waals surface area contributed by atoms with E-state index in [0.717, 1.165) is 11.1 Å². The van der Waals surface area contributed by atoms with Crippen LogP contribution in [0.25, 0.3) is 0 Å². The molecule has 268 valence electrons. The van der Waals surface area contributed by atoms with Crippen molar-refractivity contribution >= 4 is 18.0 Å². The maximum absolute atomic E-state index is 14.0. The number of rotatable bonds is 12. The average Bonchev–Trinajstić information content (AvgIpc) is 3.39. The minimum absolute atomic E-state index is 0.0713. The largest absolute Gasteiger partial charge is 0.445 e. The Morgan fingerprint density at radius 3 is 1.57 bits per heavy atom. The van der Waals surface area contributed by atoms with Crippen molar-refractivity contribution in [1.29, 1.82) is 0 Å². The SMILES string of the molecule is C/C=C/C(=O)[C@@H](C[C@@H]([C@H](C)OC(=O)N1C(C)(C)COC1(C)C)N(Cc1ccccc1)Cc1ccccc1)OC(=O)N1C(C)(C)COC1(C)C. The Labute approximate surface area is 292 Å². The van der Waals surface area contributed by atoms with Gasteiger partial charge in [-0.25, -0.2) is 9.59 Å². The van der Waals surface area contributed by atoms with Gasteiger partial charge in [-0.1, -0.05) is 66.7 Å². The molecule has 2 aliphatic heterocycles. The smallest absolute Gasteiger partial charge is 0.413 e. The molecular weight excluding hydrogens is 622 g/mol. The van der Waals surface area contributed by atoms with Crippen molar-refractivity contribution in [3.8, 4) is 0 Å². The molecule has 0 N–H and O–H groups in total. The quantitative estimate of drug-likeness (QED) is 0.216. The van der Waals surface area contributed by atoms with Crippen molar-refractivity contribution in [2.24, 2.45) is 0 Å². The number of allylic oxidation sites excluding steroid dienone is 1. The number of carbonyl (C=O) groups is 3. The number of hydrogen-bond donors (Lipinski definition) is 0. The molecule has 0 radical (unpaired) electrons. The molecule has 0 aromatic heterocycles. The number of hydrogen-bond acceptors (Lipinski definition) is 8. The predicted octanol–water partition coefficient (Wildman–Crippen LogP) is 7.32. The number of amides is 2. The summed E-state index contributed by atoms with van der Waals surface area (Å²) in [5.74, 6) is -0.357. The molecule has 10 heteroatoms. The molecule has 0 bridgehead atoms. The van der Waals surface area contributed by atoms with E-state index >= 15 is 0 Å². The fourth-order valence-electron chi connectivity index (χ4n) is 7.10. The number of carbonyl (C=O) groups excluding carboxylic acids is 3. The van der Waals surface area contributed by atoms with Crippen molar-refractivity contribution in [3.63, 3.8) is 0 Å². The second-order valence-electron chi connectivity index (χ2n) is 15.3. The number of nitrogens with zero attached hydrogens (tertiary/aromatic N) is 3. The van der Waals surface area contributed by atoms with Crippen molar-refractivity contribution in [2.75, 3.05) is 13.2 Å². The first-order chi connectivity index (χ1) is 22.9. The number of benzene rings is 2. The molecule has 2 fully saturated rings. The van der Waals surface area contributed by atoms with E-state index in [-0.39, 0.29) is 12.2 Å². The van der Waals surface area contributed by atoms with Crippen LogP contribution in [0.5, 0.6) is 0 Å². The molecule has 10 nitrogen and oxygen atoms in total. The Balaban J connectivity index is 1.74. The van der Waals surface area contributed by atoms with Crippen LogP contribution in [0.1, 0.15) is 86.8 Å². The highest BCUT2D eigenvalue weighted by Crippen LogP contribution is 2.37. The summed E-state index contributed by atoms with van der Waals surface area (Å²) in [7, 11) is 0. The lowest BCUT2D eigenvalue weighted by molar-refractivity contribution is -0.127. The van der Waals surface area contributed by atoms with Gasteiger partial charge in [0.15, 0.2) is 11.9 Å². The van der Waals surface area contributed by atoms with E-state index in [1.165, 1.54) is 6.08 Å². The molecule has 0 unspecified atom stereocenters. The van der Waals surface area contributed by atoms with Crippen LogP contribution < -0.4 is 0 Å². The molecule has 0 saturated carbocycles. The second-order valence-corrected chi connectivity index (χ2v) is 15.3. The lowest BCUT2D eigenvalue weighted by Gasteiger charge is -2.41. The predicted molar refractivity (Wildman–Crippen MR) is 188 cm³/mol. The van der Waals surface area contributed by atoms with Gasteiger partial charge in [-0.3, -0.25) is 19.5 Å². The van der Waals surface area contributed by atoms with Gasteiger partial charge in [-0.15, -0.1) is 0 Å². The second kappa shape index (κ2) is 15.0. The molecule has 2 saturated heterocycles. The van der Waals surface area contributed by atoms with Crippen LogP contribution in [0, 0.1) is 0 Å². The van der Waals surface area contributed by atoms with Crippen LogP contribution in [-0.4, -0.2) is 86.7 Å². The minimum Gasteiger partial charge on any atom is -0.445 e. The van der Waals surface area contributed by atoms with E-state index in [1.807, 2.05) is 123 Å². The van der Waals surface area contributed by atoms with Crippen LogP contribution in [0.15, 0.2) is 72.8 Å². The van der Waals surface area contributed by atoms with Crippen LogP contribution in [0.4, 0.5) is 9.59 Å². The molecule has 2 aromatic carbocycles. The Hall–Kier alpha value is -3.73. The summed E-state index contributed by atoms with van der Waals surface area (Å²) in [4.78, 5) is 47.0. The summed E-state index contributed by atoms with van der Waals surface area (Å²) >= 11 is 0. The highest BCUT2D eigenvalue weighted by molar-refractivity contribution is 5.94. The van der Waals surface area contributed by atoms with E-state index in [9.17, 15) is 14.4 Å². The molecule has 0 spiro atoms. The van der Waals surface area contributed by atoms with E-state index in [2.05, 4.69) is 4.90 Å². The van der Waals surface area contributed by atoms with E-state index < -0.39 is 53.0 Å². The van der Waals surface area contributed by atoms with E-state index in [4.69, 9.17) is 18.9 Å². The standard InChI is InChI=1S/C39H55N3O7/c1-11-18-32(43)33(49-35(45)42-37(5,6)27-47-39(42,9)10)23-31(28(2)48-34(44)41-36(3,4)26-46-38(41,7)8)40(24-29-19-14-12-15-20-29)25-30-21-16-13-17-22-30/h11-22,28,31,33H,23-27H2,1-10H3/b18-11+/t28-,31-,33+/m0/s1. The number of ketones is 1. The summed E-state index contributed by atoms with van der Waals surface area (Å²) in [6, 6.07) is 19.5. The van der Waals surface area contributed by atoms with Gasteiger partial charge in [0.25, 0.3) is 0 Å². The fraction of sp³-hybridized carbons (Fsp3) is 0.564. The van der Waals surface area contributed by atoms with Crippen molar-refractivity contribution in [2.45, 2.75) is 130 Å². The van der Waals surface area contributed by atoms with Crippen molar-refractivity contribution in [3.05, 3.63) is 83.9 Å². The third-order valence-corrected chi connectivity index (χ3v) is 9.31. The summed E-state index contributed by atoms with van der Waals surface area (Å²) in [6.45, 7) is 20.3. The summed E-state index contributed by atoms with van der Waals surface area (Å²) in [5, 5.41) is 0. The first-order valence-electron chi connectivity index (χ1n) is 17.2.